The van der Waals surface area contributed by atoms with Gasteiger partial charge in [-0.25, -0.2) is 9.78 Å². The Labute approximate surface area is 129 Å². The summed E-state index contributed by atoms with van der Waals surface area (Å²) >= 11 is 4.83. The SMILES string of the molecule is CCC(C(=N)C(=O)O)c1ncc(-c2ccc(Br)cc2)s1. The maximum atomic E-state index is 10.9. The van der Waals surface area contributed by atoms with E-state index in [1.54, 1.807) is 6.20 Å². The Kier molecular flexibility index (Phi) is 4.67. The van der Waals surface area contributed by atoms with Crippen LogP contribution in [-0.2, 0) is 4.79 Å². The second kappa shape index (κ2) is 6.28. The molecule has 2 N–H and O–H groups in total. The summed E-state index contributed by atoms with van der Waals surface area (Å²) in [7, 11) is 0. The van der Waals surface area contributed by atoms with Crippen molar-refractivity contribution in [3.05, 3.63) is 39.9 Å². The van der Waals surface area contributed by atoms with Crippen molar-refractivity contribution in [1.82, 2.24) is 4.98 Å². The third-order valence-corrected chi connectivity index (χ3v) is 4.63. The van der Waals surface area contributed by atoms with Gasteiger partial charge in [0.15, 0.2) is 0 Å². The summed E-state index contributed by atoms with van der Waals surface area (Å²) in [6, 6.07) is 7.85. The first-order chi connectivity index (χ1) is 9.52. The molecule has 0 saturated carbocycles. The number of carboxylic acid groups (broad SMARTS) is 1. The molecular formula is C14H13BrN2O2S. The monoisotopic (exact) mass is 352 g/mol. The van der Waals surface area contributed by atoms with Crippen LogP contribution in [-0.4, -0.2) is 21.8 Å². The third kappa shape index (κ3) is 3.13. The van der Waals surface area contributed by atoms with Crippen molar-refractivity contribution >= 4 is 38.9 Å². The van der Waals surface area contributed by atoms with E-state index in [2.05, 4.69) is 20.9 Å². The van der Waals surface area contributed by atoms with Crippen LogP contribution in [0.4, 0.5) is 0 Å². The lowest BCUT2D eigenvalue weighted by molar-refractivity contribution is -0.129. The Bertz CT molecular complexity index is 637. The van der Waals surface area contributed by atoms with Crippen LogP contribution in [0.25, 0.3) is 10.4 Å². The number of aliphatic carboxylic acids is 1. The molecule has 0 spiro atoms. The molecule has 0 fully saturated rings. The molecule has 1 heterocycles. The van der Waals surface area contributed by atoms with Crippen molar-refractivity contribution in [2.24, 2.45) is 0 Å². The number of thiazole rings is 1. The van der Waals surface area contributed by atoms with Gasteiger partial charge in [0.2, 0.25) is 0 Å². The van der Waals surface area contributed by atoms with E-state index in [-0.39, 0.29) is 5.71 Å². The highest BCUT2D eigenvalue weighted by Gasteiger charge is 2.24. The summed E-state index contributed by atoms with van der Waals surface area (Å²) < 4.78 is 1.00. The molecule has 1 aromatic heterocycles. The molecular weight excluding hydrogens is 340 g/mol. The number of nitrogens with zero attached hydrogens (tertiary/aromatic N) is 1. The van der Waals surface area contributed by atoms with E-state index in [0.29, 0.717) is 11.4 Å². The molecule has 1 aromatic carbocycles. The number of hydrogen-bond acceptors (Lipinski definition) is 4. The van der Waals surface area contributed by atoms with Gasteiger partial charge in [0.05, 0.1) is 10.8 Å². The number of aromatic nitrogens is 1. The Morgan fingerprint density at radius 2 is 2.10 bits per heavy atom. The minimum atomic E-state index is -1.18. The van der Waals surface area contributed by atoms with Gasteiger partial charge in [-0.05, 0) is 24.1 Å². The van der Waals surface area contributed by atoms with Gasteiger partial charge in [0.25, 0.3) is 0 Å². The molecule has 20 heavy (non-hydrogen) atoms. The average Bonchev–Trinajstić information content (AvgIpc) is 2.89. The largest absolute Gasteiger partial charge is 0.477 e. The number of hydrogen-bond donors (Lipinski definition) is 2. The lowest BCUT2D eigenvalue weighted by Crippen LogP contribution is -2.20. The molecule has 0 aliphatic rings. The van der Waals surface area contributed by atoms with Crippen molar-refractivity contribution in [3.8, 4) is 10.4 Å². The fourth-order valence-corrected chi connectivity index (χ4v) is 3.23. The lowest BCUT2D eigenvalue weighted by atomic mass is 10.0. The molecule has 104 valence electrons. The molecule has 1 atom stereocenters. The number of carboxylic acids is 1. The molecule has 0 aliphatic carbocycles. The van der Waals surface area contributed by atoms with Crippen molar-refractivity contribution in [3.63, 3.8) is 0 Å². The summed E-state index contributed by atoms with van der Waals surface area (Å²) in [6.07, 6.45) is 2.29. The van der Waals surface area contributed by atoms with Crippen LogP contribution in [0.15, 0.2) is 34.9 Å². The molecule has 0 amide bonds. The van der Waals surface area contributed by atoms with E-state index in [1.165, 1.54) is 11.3 Å². The van der Waals surface area contributed by atoms with Crippen LogP contribution in [0.2, 0.25) is 0 Å². The fourth-order valence-electron chi connectivity index (χ4n) is 1.85. The first-order valence-corrected chi connectivity index (χ1v) is 7.67. The summed E-state index contributed by atoms with van der Waals surface area (Å²) in [5, 5.41) is 17.3. The van der Waals surface area contributed by atoms with Crippen molar-refractivity contribution < 1.29 is 9.90 Å². The zero-order valence-corrected chi connectivity index (χ0v) is 13.2. The van der Waals surface area contributed by atoms with Gasteiger partial charge in [-0.15, -0.1) is 11.3 Å². The van der Waals surface area contributed by atoms with E-state index in [4.69, 9.17) is 10.5 Å². The standard InChI is InChI=1S/C14H13BrN2O2S/c1-2-10(12(16)14(18)19)13-17-7-11(20-13)8-3-5-9(15)6-4-8/h3-7,10,16H,2H2,1H3,(H,18,19). The molecule has 2 aromatic rings. The van der Waals surface area contributed by atoms with E-state index in [9.17, 15) is 4.79 Å². The molecule has 1 unspecified atom stereocenters. The van der Waals surface area contributed by atoms with Crippen molar-refractivity contribution in [2.45, 2.75) is 19.3 Å². The molecule has 0 aliphatic heterocycles. The van der Waals surface area contributed by atoms with Gasteiger partial charge < -0.3 is 5.11 Å². The van der Waals surface area contributed by atoms with Crippen LogP contribution in [0.1, 0.15) is 24.3 Å². The fraction of sp³-hybridized carbons (Fsp3) is 0.214. The lowest BCUT2D eigenvalue weighted by Gasteiger charge is -2.09. The summed E-state index contributed by atoms with van der Waals surface area (Å²) in [6.45, 7) is 1.86. The van der Waals surface area contributed by atoms with Crippen LogP contribution < -0.4 is 0 Å². The predicted molar refractivity (Wildman–Crippen MR) is 83.6 cm³/mol. The minimum Gasteiger partial charge on any atom is -0.477 e. The predicted octanol–water partition coefficient (Wildman–Crippen LogP) is 4.17. The Balaban J connectivity index is 2.30. The second-order valence-electron chi connectivity index (χ2n) is 4.25. The molecule has 4 nitrogen and oxygen atoms in total. The zero-order valence-electron chi connectivity index (χ0n) is 10.8. The van der Waals surface area contributed by atoms with Gasteiger partial charge in [0, 0.05) is 10.7 Å². The maximum Gasteiger partial charge on any atom is 0.350 e. The van der Waals surface area contributed by atoms with Crippen LogP contribution >= 0.6 is 27.3 Å². The van der Waals surface area contributed by atoms with E-state index in [1.807, 2.05) is 31.2 Å². The number of benzene rings is 1. The summed E-state index contributed by atoms with van der Waals surface area (Å²) in [5.74, 6) is -1.63. The molecule has 0 bridgehead atoms. The van der Waals surface area contributed by atoms with Crippen LogP contribution in [0.5, 0.6) is 0 Å². The second-order valence-corrected chi connectivity index (χ2v) is 6.23. The van der Waals surface area contributed by atoms with Crippen LogP contribution in [0.3, 0.4) is 0 Å². The highest BCUT2D eigenvalue weighted by molar-refractivity contribution is 9.10. The van der Waals surface area contributed by atoms with Gasteiger partial charge in [-0.1, -0.05) is 35.0 Å². The highest BCUT2D eigenvalue weighted by Crippen LogP contribution is 2.32. The first kappa shape index (κ1) is 14.9. The quantitative estimate of drug-likeness (QED) is 0.793. The zero-order chi connectivity index (χ0) is 14.7. The van der Waals surface area contributed by atoms with Crippen molar-refractivity contribution in [1.29, 1.82) is 5.41 Å². The number of carbonyl (C=O) groups is 1. The van der Waals surface area contributed by atoms with Gasteiger partial charge in [-0.3, -0.25) is 5.41 Å². The molecule has 2 rings (SSSR count). The maximum absolute atomic E-state index is 10.9. The van der Waals surface area contributed by atoms with Gasteiger partial charge >= 0.3 is 5.97 Å². The average molecular weight is 353 g/mol. The summed E-state index contributed by atoms with van der Waals surface area (Å²) in [5.41, 5.74) is 0.734. The summed E-state index contributed by atoms with van der Waals surface area (Å²) in [4.78, 5) is 16.2. The third-order valence-electron chi connectivity index (χ3n) is 2.94. The topological polar surface area (TPSA) is 74.0 Å². The van der Waals surface area contributed by atoms with Crippen molar-refractivity contribution in [2.75, 3.05) is 0 Å². The molecule has 0 saturated heterocycles. The first-order valence-electron chi connectivity index (χ1n) is 6.06. The van der Waals surface area contributed by atoms with E-state index >= 15 is 0 Å². The smallest absolute Gasteiger partial charge is 0.350 e. The highest BCUT2D eigenvalue weighted by atomic mass is 79.9. The molecule has 0 radical (unpaired) electrons. The van der Waals surface area contributed by atoms with Gasteiger partial charge in [0.1, 0.15) is 10.7 Å². The van der Waals surface area contributed by atoms with E-state index < -0.39 is 11.9 Å². The number of halogens is 1. The normalized spacial score (nSPS) is 12.1. The van der Waals surface area contributed by atoms with Gasteiger partial charge in [-0.2, -0.15) is 0 Å². The minimum absolute atomic E-state index is 0.302. The molecule has 6 heteroatoms. The number of nitrogens with one attached hydrogen (secondary N) is 1. The Hall–Kier alpha value is -1.53. The van der Waals surface area contributed by atoms with E-state index in [0.717, 1.165) is 14.9 Å². The Morgan fingerprint density at radius 3 is 2.65 bits per heavy atom. The van der Waals surface area contributed by atoms with Crippen LogP contribution in [0, 0.1) is 5.41 Å². The number of rotatable bonds is 5. The Morgan fingerprint density at radius 1 is 1.45 bits per heavy atom.